The minimum Gasteiger partial charge on any atom is -0.497 e. The normalized spacial score (nSPS) is 11.8. The van der Waals surface area contributed by atoms with E-state index < -0.39 is 6.04 Å². The van der Waals surface area contributed by atoms with Gasteiger partial charge >= 0.3 is 0 Å². The number of amides is 2. The van der Waals surface area contributed by atoms with Crippen LogP contribution in [-0.2, 0) is 16.0 Å². The first-order valence-electron chi connectivity index (χ1n) is 8.62. The van der Waals surface area contributed by atoms with Crippen LogP contribution in [0.25, 0.3) is 6.08 Å². The van der Waals surface area contributed by atoms with E-state index in [1.165, 1.54) is 6.08 Å². The van der Waals surface area contributed by atoms with E-state index in [4.69, 9.17) is 16.3 Å². The Morgan fingerprint density at radius 2 is 1.93 bits per heavy atom. The van der Waals surface area contributed by atoms with Crippen molar-refractivity contribution in [1.82, 2.24) is 10.6 Å². The van der Waals surface area contributed by atoms with Gasteiger partial charge in [0.1, 0.15) is 11.8 Å². The van der Waals surface area contributed by atoms with Crippen molar-refractivity contribution >= 4 is 29.5 Å². The fourth-order valence-corrected chi connectivity index (χ4v) is 2.60. The number of benzene rings is 2. The summed E-state index contributed by atoms with van der Waals surface area (Å²) in [6, 6.07) is 14.2. The van der Waals surface area contributed by atoms with Crippen molar-refractivity contribution in [1.29, 1.82) is 0 Å². The van der Waals surface area contributed by atoms with E-state index in [-0.39, 0.29) is 11.8 Å². The molecule has 6 heteroatoms. The Labute approximate surface area is 164 Å². The molecule has 2 amide bonds. The number of ether oxygens (including phenoxy) is 1. The van der Waals surface area contributed by atoms with Gasteiger partial charge in [0.2, 0.25) is 11.8 Å². The largest absolute Gasteiger partial charge is 0.497 e. The second kappa shape index (κ2) is 10.4. The SMILES string of the molecule is COc1ccc(/C=C/C(=O)NC(C)C(=O)NCCc2cccc(Cl)c2)cc1. The van der Waals surface area contributed by atoms with Crippen LogP contribution in [0.1, 0.15) is 18.1 Å². The predicted molar refractivity (Wildman–Crippen MR) is 108 cm³/mol. The summed E-state index contributed by atoms with van der Waals surface area (Å²) < 4.78 is 5.09. The fraction of sp³-hybridized carbons (Fsp3) is 0.238. The molecule has 1 unspecified atom stereocenters. The molecule has 2 N–H and O–H groups in total. The number of carbonyl (C=O) groups excluding carboxylic acids is 2. The van der Waals surface area contributed by atoms with Crippen LogP contribution in [0.4, 0.5) is 0 Å². The van der Waals surface area contributed by atoms with E-state index in [2.05, 4.69) is 10.6 Å². The van der Waals surface area contributed by atoms with Gasteiger partial charge in [-0.05, 0) is 54.8 Å². The molecule has 0 fully saturated rings. The molecule has 1 atom stereocenters. The molecule has 0 aliphatic carbocycles. The van der Waals surface area contributed by atoms with Crippen LogP contribution in [0, 0.1) is 0 Å². The van der Waals surface area contributed by atoms with Gasteiger partial charge in [0.05, 0.1) is 7.11 Å². The highest BCUT2D eigenvalue weighted by Crippen LogP contribution is 2.12. The Kier molecular flexibility index (Phi) is 7.89. The van der Waals surface area contributed by atoms with Crippen LogP contribution in [0.3, 0.4) is 0 Å². The number of rotatable bonds is 8. The zero-order valence-electron chi connectivity index (χ0n) is 15.4. The molecule has 0 aromatic heterocycles. The second-order valence-electron chi connectivity index (χ2n) is 6.01. The summed E-state index contributed by atoms with van der Waals surface area (Å²) in [7, 11) is 1.60. The molecule has 2 aromatic carbocycles. The molecule has 27 heavy (non-hydrogen) atoms. The number of carbonyl (C=O) groups is 2. The summed E-state index contributed by atoms with van der Waals surface area (Å²) in [5.41, 5.74) is 1.91. The average molecular weight is 387 g/mol. The molecule has 0 radical (unpaired) electrons. The van der Waals surface area contributed by atoms with E-state index in [1.54, 1.807) is 26.2 Å². The first kappa shape index (κ1) is 20.5. The minimum atomic E-state index is -0.627. The highest BCUT2D eigenvalue weighted by atomic mass is 35.5. The summed E-state index contributed by atoms with van der Waals surface area (Å²) in [6.45, 7) is 2.12. The van der Waals surface area contributed by atoms with Crippen molar-refractivity contribution in [3.8, 4) is 5.75 Å². The van der Waals surface area contributed by atoms with Crippen LogP contribution in [0.5, 0.6) is 5.75 Å². The quantitative estimate of drug-likeness (QED) is 0.684. The van der Waals surface area contributed by atoms with E-state index in [9.17, 15) is 9.59 Å². The highest BCUT2D eigenvalue weighted by Gasteiger charge is 2.13. The van der Waals surface area contributed by atoms with E-state index in [0.29, 0.717) is 18.0 Å². The van der Waals surface area contributed by atoms with Crippen LogP contribution in [0.2, 0.25) is 5.02 Å². The van der Waals surface area contributed by atoms with Crippen LogP contribution in [0.15, 0.2) is 54.6 Å². The lowest BCUT2D eigenvalue weighted by Crippen LogP contribution is -2.44. The molecule has 142 valence electrons. The van der Waals surface area contributed by atoms with Crippen LogP contribution < -0.4 is 15.4 Å². The summed E-state index contributed by atoms with van der Waals surface area (Å²) in [5, 5.41) is 6.12. The topological polar surface area (TPSA) is 67.4 Å². The molecule has 0 bridgehead atoms. The molecular weight excluding hydrogens is 364 g/mol. The van der Waals surface area contributed by atoms with Gasteiger partial charge in [-0.15, -0.1) is 0 Å². The number of hydrogen-bond acceptors (Lipinski definition) is 3. The maximum atomic E-state index is 12.1. The lowest BCUT2D eigenvalue weighted by atomic mass is 10.1. The lowest BCUT2D eigenvalue weighted by molar-refractivity contribution is -0.126. The van der Waals surface area contributed by atoms with Gasteiger partial charge in [0, 0.05) is 17.6 Å². The van der Waals surface area contributed by atoms with Crippen molar-refractivity contribution in [2.45, 2.75) is 19.4 Å². The summed E-state index contributed by atoms with van der Waals surface area (Å²) >= 11 is 5.94. The van der Waals surface area contributed by atoms with Crippen LogP contribution in [-0.4, -0.2) is 31.5 Å². The van der Waals surface area contributed by atoms with Crippen molar-refractivity contribution in [3.63, 3.8) is 0 Å². The fourth-order valence-electron chi connectivity index (χ4n) is 2.39. The molecular formula is C21H23ClN2O3. The van der Waals surface area contributed by atoms with E-state index >= 15 is 0 Å². The van der Waals surface area contributed by atoms with Gasteiger partial charge in [-0.25, -0.2) is 0 Å². The highest BCUT2D eigenvalue weighted by molar-refractivity contribution is 6.30. The zero-order valence-corrected chi connectivity index (χ0v) is 16.1. The monoisotopic (exact) mass is 386 g/mol. The predicted octanol–water partition coefficient (Wildman–Crippen LogP) is 3.23. The van der Waals surface area contributed by atoms with Gasteiger partial charge in [0.15, 0.2) is 0 Å². The van der Waals surface area contributed by atoms with Crippen molar-refractivity contribution in [2.75, 3.05) is 13.7 Å². The summed E-state index contributed by atoms with van der Waals surface area (Å²) in [6.07, 6.45) is 3.75. The molecule has 0 aliphatic rings. The van der Waals surface area contributed by atoms with Gasteiger partial charge < -0.3 is 15.4 Å². The molecule has 0 aliphatic heterocycles. The van der Waals surface area contributed by atoms with Crippen molar-refractivity contribution < 1.29 is 14.3 Å². The van der Waals surface area contributed by atoms with E-state index in [0.717, 1.165) is 16.9 Å². The minimum absolute atomic E-state index is 0.233. The molecule has 0 heterocycles. The van der Waals surface area contributed by atoms with Crippen LogP contribution >= 0.6 is 11.6 Å². The third kappa shape index (κ3) is 7.15. The Hall–Kier alpha value is -2.79. The number of halogens is 1. The van der Waals surface area contributed by atoms with E-state index in [1.807, 2.05) is 42.5 Å². The Bertz CT molecular complexity index is 803. The zero-order chi connectivity index (χ0) is 19.6. The standard InChI is InChI=1S/C21H23ClN2O3/c1-15(21(26)23-13-12-17-4-3-5-18(22)14-17)24-20(25)11-8-16-6-9-19(27-2)10-7-16/h3-11,14-15H,12-13H2,1-2H3,(H,23,26)(H,24,25)/b11-8+. The van der Waals surface area contributed by atoms with Crippen molar-refractivity contribution in [2.24, 2.45) is 0 Å². The Morgan fingerprint density at radius 3 is 2.59 bits per heavy atom. The average Bonchev–Trinajstić information content (AvgIpc) is 2.66. The first-order chi connectivity index (χ1) is 13.0. The van der Waals surface area contributed by atoms with Crippen molar-refractivity contribution in [3.05, 3.63) is 70.8 Å². The van der Waals surface area contributed by atoms with Gasteiger partial charge in [0.25, 0.3) is 0 Å². The lowest BCUT2D eigenvalue weighted by Gasteiger charge is -2.13. The van der Waals surface area contributed by atoms with Gasteiger partial charge in [-0.1, -0.05) is 35.9 Å². The smallest absolute Gasteiger partial charge is 0.244 e. The third-order valence-corrected chi connectivity index (χ3v) is 4.13. The molecule has 2 rings (SSSR count). The molecule has 0 saturated heterocycles. The summed E-state index contributed by atoms with van der Waals surface area (Å²) in [5.74, 6) is 0.186. The summed E-state index contributed by atoms with van der Waals surface area (Å²) in [4.78, 5) is 24.1. The molecule has 5 nitrogen and oxygen atoms in total. The number of hydrogen-bond donors (Lipinski definition) is 2. The Morgan fingerprint density at radius 1 is 1.19 bits per heavy atom. The van der Waals surface area contributed by atoms with Gasteiger partial charge in [-0.3, -0.25) is 9.59 Å². The maximum Gasteiger partial charge on any atom is 0.244 e. The Balaban J connectivity index is 1.75. The first-order valence-corrected chi connectivity index (χ1v) is 9.00. The second-order valence-corrected chi connectivity index (χ2v) is 6.44. The molecule has 0 saturated carbocycles. The third-order valence-electron chi connectivity index (χ3n) is 3.90. The maximum absolute atomic E-state index is 12.1. The number of methoxy groups -OCH3 is 1. The molecule has 0 spiro atoms. The molecule has 2 aromatic rings. The van der Waals surface area contributed by atoms with Gasteiger partial charge in [-0.2, -0.15) is 0 Å². The number of nitrogens with one attached hydrogen (secondary N) is 2.